The highest BCUT2D eigenvalue weighted by Gasteiger charge is 2.17. The maximum atomic E-state index is 11.2. The summed E-state index contributed by atoms with van der Waals surface area (Å²) in [5.41, 5.74) is 0. The molecule has 0 fully saturated rings. The van der Waals surface area contributed by atoms with Crippen molar-refractivity contribution < 1.29 is 9.72 Å². The fourth-order valence-corrected chi connectivity index (χ4v) is 1.01. The second-order valence-corrected chi connectivity index (χ2v) is 3.30. The largest absolute Gasteiger partial charge is 0.299 e. The minimum atomic E-state index is -0.385. The molecule has 12 heavy (non-hydrogen) atoms. The normalized spacial score (nSPS) is 13.0. The first-order valence-corrected chi connectivity index (χ1v) is 4.10. The Labute approximate surface area is 72.1 Å². The lowest BCUT2D eigenvalue weighted by Gasteiger charge is -2.09. The van der Waals surface area contributed by atoms with Gasteiger partial charge in [0.25, 0.3) is 0 Å². The predicted molar refractivity (Wildman–Crippen MR) is 45.5 cm³/mol. The number of nitrogens with zero attached hydrogens (tertiary/aromatic N) is 1. The van der Waals surface area contributed by atoms with E-state index in [2.05, 4.69) is 0 Å². The van der Waals surface area contributed by atoms with Crippen molar-refractivity contribution in [2.45, 2.75) is 27.2 Å². The molecule has 4 heteroatoms. The molecule has 0 heterocycles. The van der Waals surface area contributed by atoms with Gasteiger partial charge in [-0.3, -0.25) is 14.9 Å². The molecule has 0 aliphatic heterocycles. The molecule has 1 atom stereocenters. The van der Waals surface area contributed by atoms with Crippen molar-refractivity contribution in [2.75, 3.05) is 6.54 Å². The van der Waals surface area contributed by atoms with Gasteiger partial charge in [-0.15, -0.1) is 0 Å². The van der Waals surface area contributed by atoms with Gasteiger partial charge in [0.15, 0.2) is 0 Å². The van der Waals surface area contributed by atoms with Crippen molar-refractivity contribution in [1.29, 1.82) is 0 Å². The SMILES string of the molecule is CC(C)C(=O)C(C)CC[N+](=O)[O-]. The molecule has 0 aliphatic carbocycles. The third-order valence-electron chi connectivity index (χ3n) is 1.80. The molecule has 0 spiro atoms. The maximum Gasteiger partial charge on any atom is 0.204 e. The summed E-state index contributed by atoms with van der Waals surface area (Å²) in [5.74, 6) is -0.0981. The van der Waals surface area contributed by atoms with E-state index in [1.165, 1.54) is 0 Å². The Balaban J connectivity index is 3.79. The third kappa shape index (κ3) is 4.05. The van der Waals surface area contributed by atoms with Gasteiger partial charge >= 0.3 is 0 Å². The highest BCUT2D eigenvalue weighted by atomic mass is 16.6. The summed E-state index contributed by atoms with van der Waals surface area (Å²) >= 11 is 0. The number of carbonyl (C=O) groups excluding carboxylic acids is 1. The Morgan fingerprint density at radius 1 is 1.42 bits per heavy atom. The monoisotopic (exact) mass is 173 g/mol. The van der Waals surface area contributed by atoms with Crippen LogP contribution in [0.3, 0.4) is 0 Å². The average Bonchev–Trinajstić information content (AvgIpc) is 1.98. The third-order valence-corrected chi connectivity index (χ3v) is 1.80. The van der Waals surface area contributed by atoms with Crippen molar-refractivity contribution in [3.05, 3.63) is 10.1 Å². The summed E-state index contributed by atoms with van der Waals surface area (Å²) < 4.78 is 0. The molecular weight excluding hydrogens is 158 g/mol. The minimum Gasteiger partial charge on any atom is -0.299 e. The van der Waals surface area contributed by atoms with E-state index in [0.717, 1.165) is 0 Å². The van der Waals surface area contributed by atoms with Crippen LogP contribution in [-0.4, -0.2) is 17.3 Å². The molecule has 70 valence electrons. The fourth-order valence-electron chi connectivity index (χ4n) is 1.01. The van der Waals surface area contributed by atoms with E-state index in [-0.39, 0.29) is 29.1 Å². The Bertz CT molecular complexity index is 177. The van der Waals surface area contributed by atoms with Crippen LogP contribution in [0.25, 0.3) is 0 Å². The summed E-state index contributed by atoms with van der Waals surface area (Å²) in [6.07, 6.45) is 0.351. The summed E-state index contributed by atoms with van der Waals surface area (Å²) in [6.45, 7) is 5.25. The Kier molecular flexibility index (Phi) is 4.47. The summed E-state index contributed by atoms with van der Waals surface area (Å²) in [7, 11) is 0. The number of carbonyl (C=O) groups is 1. The summed E-state index contributed by atoms with van der Waals surface area (Å²) in [4.78, 5) is 20.8. The zero-order chi connectivity index (χ0) is 9.72. The van der Waals surface area contributed by atoms with Gasteiger partial charge in [-0.1, -0.05) is 20.8 Å². The van der Waals surface area contributed by atoms with Crippen molar-refractivity contribution in [3.63, 3.8) is 0 Å². The van der Waals surface area contributed by atoms with Gasteiger partial charge in [0.05, 0.1) is 0 Å². The van der Waals surface area contributed by atoms with Crippen LogP contribution < -0.4 is 0 Å². The Hall–Kier alpha value is -0.930. The molecular formula is C8H15NO3. The zero-order valence-corrected chi connectivity index (χ0v) is 7.74. The first-order valence-electron chi connectivity index (χ1n) is 4.10. The molecule has 0 amide bonds. The maximum absolute atomic E-state index is 11.2. The molecule has 1 unspecified atom stereocenters. The second-order valence-electron chi connectivity index (χ2n) is 3.30. The van der Waals surface area contributed by atoms with Crippen LogP contribution in [0.15, 0.2) is 0 Å². The van der Waals surface area contributed by atoms with Gasteiger partial charge < -0.3 is 0 Å². The first kappa shape index (κ1) is 11.1. The van der Waals surface area contributed by atoms with Gasteiger partial charge in [0, 0.05) is 23.2 Å². The molecule has 0 saturated heterocycles. The van der Waals surface area contributed by atoms with Gasteiger partial charge in [-0.05, 0) is 0 Å². The molecule has 0 aromatic rings. The van der Waals surface area contributed by atoms with Crippen molar-refractivity contribution in [1.82, 2.24) is 0 Å². The lowest BCUT2D eigenvalue weighted by Crippen LogP contribution is -2.19. The smallest absolute Gasteiger partial charge is 0.204 e. The van der Waals surface area contributed by atoms with E-state index < -0.39 is 0 Å². The van der Waals surface area contributed by atoms with Gasteiger partial charge in [-0.2, -0.15) is 0 Å². The number of nitro groups is 1. The molecule has 0 bridgehead atoms. The van der Waals surface area contributed by atoms with Crippen LogP contribution in [-0.2, 0) is 4.79 Å². The lowest BCUT2D eigenvalue weighted by atomic mass is 9.94. The second kappa shape index (κ2) is 4.85. The van der Waals surface area contributed by atoms with Crippen LogP contribution in [0.5, 0.6) is 0 Å². The summed E-state index contributed by atoms with van der Waals surface area (Å²) in [6, 6.07) is 0. The number of rotatable bonds is 5. The highest BCUT2D eigenvalue weighted by Crippen LogP contribution is 2.09. The van der Waals surface area contributed by atoms with Crippen molar-refractivity contribution in [3.8, 4) is 0 Å². The van der Waals surface area contributed by atoms with Crippen LogP contribution >= 0.6 is 0 Å². The number of hydrogen-bond acceptors (Lipinski definition) is 3. The van der Waals surface area contributed by atoms with Crippen LogP contribution in [0, 0.1) is 22.0 Å². The quantitative estimate of drug-likeness (QED) is 0.467. The van der Waals surface area contributed by atoms with Crippen LogP contribution in [0.2, 0.25) is 0 Å². The predicted octanol–water partition coefficient (Wildman–Crippen LogP) is 1.51. The van der Waals surface area contributed by atoms with Gasteiger partial charge in [0.1, 0.15) is 5.78 Å². The number of Topliss-reactive ketones (excluding diaryl/α,β-unsaturated/α-hetero) is 1. The number of hydrogen-bond donors (Lipinski definition) is 0. The molecule has 0 rings (SSSR count). The first-order chi connectivity index (χ1) is 5.45. The summed E-state index contributed by atoms with van der Waals surface area (Å²) in [5, 5.41) is 9.99. The van der Waals surface area contributed by atoms with E-state index in [4.69, 9.17) is 0 Å². The van der Waals surface area contributed by atoms with E-state index in [9.17, 15) is 14.9 Å². The Morgan fingerprint density at radius 3 is 2.25 bits per heavy atom. The van der Waals surface area contributed by atoms with Crippen molar-refractivity contribution >= 4 is 5.78 Å². The zero-order valence-electron chi connectivity index (χ0n) is 7.74. The average molecular weight is 173 g/mol. The Morgan fingerprint density at radius 2 is 1.92 bits per heavy atom. The molecule has 0 saturated carbocycles. The van der Waals surface area contributed by atoms with E-state index in [0.29, 0.717) is 6.42 Å². The van der Waals surface area contributed by atoms with Gasteiger partial charge in [-0.25, -0.2) is 0 Å². The van der Waals surface area contributed by atoms with Gasteiger partial charge in [0.2, 0.25) is 6.54 Å². The molecule has 0 radical (unpaired) electrons. The highest BCUT2D eigenvalue weighted by molar-refractivity contribution is 5.82. The van der Waals surface area contributed by atoms with Crippen LogP contribution in [0.1, 0.15) is 27.2 Å². The number of ketones is 1. The molecule has 4 nitrogen and oxygen atoms in total. The minimum absolute atomic E-state index is 0.0215. The van der Waals surface area contributed by atoms with E-state index in [1.807, 2.05) is 13.8 Å². The lowest BCUT2D eigenvalue weighted by molar-refractivity contribution is -0.481. The molecule has 0 aromatic heterocycles. The molecule has 0 aliphatic rings. The molecule has 0 aromatic carbocycles. The topological polar surface area (TPSA) is 60.2 Å². The van der Waals surface area contributed by atoms with Crippen LogP contribution in [0.4, 0.5) is 0 Å². The van der Waals surface area contributed by atoms with Crippen molar-refractivity contribution in [2.24, 2.45) is 11.8 Å². The standard InChI is InChI=1S/C8H15NO3/c1-6(2)8(10)7(3)4-5-9(11)12/h6-7H,4-5H2,1-3H3. The fraction of sp³-hybridized carbons (Fsp3) is 0.875. The molecule has 0 N–H and O–H groups in total. The van der Waals surface area contributed by atoms with E-state index in [1.54, 1.807) is 6.92 Å². The van der Waals surface area contributed by atoms with E-state index >= 15 is 0 Å².